The highest BCUT2D eigenvalue weighted by Gasteiger charge is 2.30. The molecule has 2 rings (SSSR count). The maximum atomic E-state index is 13.7. The minimum absolute atomic E-state index is 0.423. The third-order valence-electron chi connectivity index (χ3n) is 3.49. The third kappa shape index (κ3) is 4.95. The van der Waals surface area contributed by atoms with Crippen molar-refractivity contribution >= 4 is 16.0 Å². The molecule has 1 heterocycles. The van der Waals surface area contributed by atoms with Crippen LogP contribution in [0.4, 0.5) is 8.78 Å². The van der Waals surface area contributed by atoms with Gasteiger partial charge in [0.05, 0.1) is 11.9 Å². The lowest BCUT2D eigenvalue weighted by molar-refractivity contribution is -0.139. The van der Waals surface area contributed by atoms with Crippen molar-refractivity contribution in [3.63, 3.8) is 0 Å². The molecule has 0 radical (unpaired) electrons. The van der Waals surface area contributed by atoms with E-state index >= 15 is 0 Å². The number of carboxylic acid groups (broad SMARTS) is 1. The zero-order chi connectivity index (χ0) is 17.0. The number of rotatable bonds is 6. The molecule has 2 unspecified atom stereocenters. The van der Waals surface area contributed by atoms with Crippen molar-refractivity contribution in [2.24, 2.45) is 0 Å². The maximum Gasteiger partial charge on any atom is 0.326 e. The zero-order valence-corrected chi connectivity index (χ0v) is 13.0. The minimum atomic E-state index is -4.05. The lowest BCUT2D eigenvalue weighted by Gasteiger charge is -2.23. The number of nitrogens with one attached hydrogen (secondary N) is 1. The van der Waals surface area contributed by atoms with Crippen LogP contribution in [0.3, 0.4) is 0 Å². The first-order valence-electron chi connectivity index (χ1n) is 7.08. The molecule has 0 aromatic heterocycles. The van der Waals surface area contributed by atoms with Crippen molar-refractivity contribution < 1.29 is 31.8 Å². The summed E-state index contributed by atoms with van der Waals surface area (Å²) in [5.41, 5.74) is -0.578. The fourth-order valence-corrected chi connectivity index (χ4v) is 3.83. The molecular formula is C14H17F2NO5S. The van der Waals surface area contributed by atoms with Crippen LogP contribution in [0.15, 0.2) is 18.2 Å². The first-order chi connectivity index (χ1) is 10.8. The van der Waals surface area contributed by atoms with Crippen molar-refractivity contribution in [2.75, 3.05) is 12.4 Å². The third-order valence-corrected chi connectivity index (χ3v) is 4.90. The molecule has 0 aliphatic carbocycles. The van der Waals surface area contributed by atoms with Crippen LogP contribution in [-0.4, -0.2) is 38.0 Å². The first-order valence-corrected chi connectivity index (χ1v) is 8.73. The molecule has 1 aromatic rings. The van der Waals surface area contributed by atoms with Gasteiger partial charge < -0.3 is 9.84 Å². The maximum absolute atomic E-state index is 13.7. The van der Waals surface area contributed by atoms with Gasteiger partial charge in [0.1, 0.15) is 17.7 Å². The highest BCUT2D eigenvalue weighted by Crippen LogP contribution is 2.21. The van der Waals surface area contributed by atoms with Gasteiger partial charge in [0.25, 0.3) is 0 Å². The number of ether oxygens (including phenoxy) is 1. The average molecular weight is 349 g/mol. The number of sulfonamides is 1. The summed E-state index contributed by atoms with van der Waals surface area (Å²) in [5.74, 6) is -3.91. The van der Waals surface area contributed by atoms with E-state index in [0.29, 0.717) is 19.1 Å². The summed E-state index contributed by atoms with van der Waals surface area (Å²) in [4.78, 5) is 11.3. The van der Waals surface area contributed by atoms with Crippen LogP contribution in [-0.2, 0) is 19.6 Å². The molecule has 1 saturated heterocycles. The number of carboxylic acids is 1. The van der Waals surface area contributed by atoms with Crippen LogP contribution >= 0.6 is 0 Å². The molecule has 0 saturated carbocycles. The molecule has 0 bridgehead atoms. The van der Waals surface area contributed by atoms with E-state index in [1.165, 1.54) is 0 Å². The summed E-state index contributed by atoms with van der Waals surface area (Å²) in [5, 5.41) is 9.16. The summed E-state index contributed by atoms with van der Waals surface area (Å²) in [7, 11) is -4.05. The molecule has 0 amide bonds. The SMILES string of the molecule is O=C(O)C(NS(=O)(=O)CC1CCCCO1)c1cc(F)ccc1F. The van der Waals surface area contributed by atoms with Gasteiger partial charge in [0.15, 0.2) is 0 Å². The van der Waals surface area contributed by atoms with Gasteiger partial charge in [-0.1, -0.05) is 0 Å². The van der Waals surface area contributed by atoms with Crippen molar-refractivity contribution in [1.29, 1.82) is 0 Å². The fraction of sp³-hybridized carbons (Fsp3) is 0.500. The topological polar surface area (TPSA) is 92.7 Å². The first kappa shape index (κ1) is 17.8. The Bertz CT molecular complexity index is 674. The summed E-state index contributed by atoms with van der Waals surface area (Å²) in [6.07, 6.45) is 1.68. The monoisotopic (exact) mass is 349 g/mol. The lowest BCUT2D eigenvalue weighted by atomic mass is 10.1. The number of hydrogen-bond donors (Lipinski definition) is 2. The number of halogens is 2. The zero-order valence-electron chi connectivity index (χ0n) is 12.2. The van der Waals surface area contributed by atoms with E-state index in [2.05, 4.69) is 0 Å². The molecule has 23 heavy (non-hydrogen) atoms. The Morgan fingerprint density at radius 3 is 2.74 bits per heavy atom. The van der Waals surface area contributed by atoms with E-state index in [9.17, 15) is 22.0 Å². The largest absolute Gasteiger partial charge is 0.480 e. The van der Waals surface area contributed by atoms with Crippen LogP contribution in [0.5, 0.6) is 0 Å². The van der Waals surface area contributed by atoms with E-state index < -0.39 is 51.1 Å². The Kier molecular flexibility index (Phi) is 5.66. The molecule has 1 aliphatic heterocycles. The molecule has 9 heteroatoms. The summed E-state index contributed by atoms with van der Waals surface area (Å²) in [6.45, 7) is 0.446. The molecule has 1 aromatic carbocycles. The van der Waals surface area contributed by atoms with Gasteiger partial charge in [-0.15, -0.1) is 0 Å². The van der Waals surface area contributed by atoms with Gasteiger partial charge in [-0.25, -0.2) is 17.2 Å². The standard InChI is InChI=1S/C14H17F2NO5S/c15-9-4-5-12(16)11(7-9)13(14(18)19)17-23(20,21)8-10-3-1-2-6-22-10/h4-5,7,10,13,17H,1-3,6,8H2,(H,18,19). The molecule has 128 valence electrons. The van der Waals surface area contributed by atoms with Gasteiger partial charge in [-0.2, -0.15) is 4.72 Å². The summed E-state index contributed by atoms with van der Waals surface area (Å²) >= 11 is 0. The second-order valence-electron chi connectivity index (χ2n) is 5.32. The van der Waals surface area contributed by atoms with Gasteiger partial charge in [0.2, 0.25) is 10.0 Å². The van der Waals surface area contributed by atoms with E-state index in [0.717, 1.165) is 25.0 Å². The second kappa shape index (κ2) is 7.33. The van der Waals surface area contributed by atoms with Crippen LogP contribution in [0.2, 0.25) is 0 Å². The summed E-state index contributed by atoms with van der Waals surface area (Å²) in [6, 6.07) is 0.328. The minimum Gasteiger partial charge on any atom is -0.480 e. The number of benzene rings is 1. The van der Waals surface area contributed by atoms with E-state index in [-0.39, 0.29) is 0 Å². The highest BCUT2D eigenvalue weighted by molar-refractivity contribution is 7.89. The van der Waals surface area contributed by atoms with Crippen molar-refractivity contribution in [3.8, 4) is 0 Å². The van der Waals surface area contributed by atoms with Crippen LogP contribution in [0, 0.1) is 11.6 Å². The van der Waals surface area contributed by atoms with Crippen molar-refractivity contribution in [3.05, 3.63) is 35.4 Å². The van der Waals surface area contributed by atoms with Gasteiger partial charge in [0, 0.05) is 12.2 Å². The molecule has 2 atom stereocenters. The Hall–Kier alpha value is -1.58. The predicted molar refractivity (Wildman–Crippen MR) is 77.2 cm³/mol. The fourth-order valence-electron chi connectivity index (χ4n) is 2.39. The number of aliphatic carboxylic acids is 1. The van der Waals surface area contributed by atoms with Crippen molar-refractivity contribution in [2.45, 2.75) is 31.4 Å². The van der Waals surface area contributed by atoms with Crippen LogP contribution in [0.25, 0.3) is 0 Å². The molecule has 1 fully saturated rings. The van der Waals surface area contributed by atoms with Gasteiger partial charge in [-0.3, -0.25) is 4.79 Å². The Balaban J connectivity index is 2.18. The van der Waals surface area contributed by atoms with E-state index in [4.69, 9.17) is 9.84 Å². The Morgan fingerprint density at radius 1 is 1.39 bits per heavy atom. The predicted octanol–water partition coefficient (Wildman–Crippen LogP) is 1.58. The average Bonchev–Trinajstić information content (AvgIpc) is 2.48. The molecule has 6 nitrogen and oxygen atoms in total. The highest BCUT2D eigenvalue weighted by atomic mass is 32.2. The normalized spacial score (nSPS) is 20.2. The smallest absolute Gasteiger partial charge is 0.326 e. The summed E-state index contributed by atoms with van der Waals surface area (Å²) < 4.78 is 58.4. The molecular weight excluding hydrogens is 332 g/mol. The molecule has 0 spiro atoms. The van der Waals surface area contributed by atoms with Crippen molar-refractivity contribution in [1.82, 2.24) is 4.72 Å². The quantitative estimate of drug-likeness (QED) is 0.813. The van der Waals surface area contributed by atoms with Crippen LogP contribution < -0.4 is 4.72 Å². The second-order valence-corrected chi connectivity index (χ2v) is 7.12. The van der Waals surface area contributed by atoms with E-state index in [1.54, 1.807) is 0 Å². The Morgan fingerprint density at radius 2 is 2.13 bits per heavy atom. The van der Waals surface area contributed by atoms with Gasteiger partial charge >= 0.3 is 5.97 Å². The Labute approximate surface area is 132 Å². The van der Waals surface area contributed by atoms with Gasteiger partial charge in [-0.05, 0) is 37.5 Å². The van der Waals surface area contributed by atoms with Crippen LogP contribution in [0.1, 0.15) is 30.9 Å². The lowest BCUT2D eigenvalue weighted by Crippen LogP contribution is -2.40. The van der Waals surface area contributed by atoms with E-state index in [1.807, 2.05) is 4.72 Å². The number of hydrogen-bond acceptors (Lipinski definition) is 4. The molecule has 2 N–H and O–H groups in total. The number of carbonyl (C=O) groups is 1. The molecule has 1 aliphatic rings.